The summed E-state index contributed by atoms with van der Waals surface area (Å²) >= 11 is 0. The molecule has 1 saturated carbocycles. The Kier molecular flexibility index (Phi) is 5.01. The van der Waals surface area contributed by atoms with E-state index in [9.17, 15) is 4.79 Å². The van der Waals surface area contributed by atoms with E-state index in [-0.39, 0.29) is 24.2 Å². The van der Waals surface area contributed by atoms with Gasteiger partial charge in [0, 0.05) is 5.54 Å². The zero-order valence-corrected chi connectivity index (χ0v) is 11.5. The Morgan fingerprint density at radius 3 is 2.61 bits per heavy atom. The van der Waals surface area contributed by atoms with Crippen LogP contribution < -0.4 is 10.6 Å². The first-order valence-corrected chi connectivity index (χ1v) is 7.31. The molecule has 0 unspecified atom stereocenters. The zero-order chi connectivity index (χ0) is 12.8. The number of amides is 1. The standard InChI is InChI=1S/C14H26N2O2/c1-14(7-3-2-4-8-14)16-13(17)11-18-12-5-9-15-10-6-12/h12,15H,2-11H2,1H3,(H,16,17). The smallest absolute Gasteiger partial charge is 0.246 e. The molecule has 0 bridgehead atoms. The van der Waals surface area contributed by atoms with Crippen LogP contribution in [-0.4, -0.2) is 37.2 Å². The molecular formula is C14H26N2O2. The Morgan fingerprint density at radius 2 is 1.94 bits per heavy atom. The molecule has 2 N–H and O–H groups in total. The molecule has 1 amide bonds. The number of carbonyl (C=O) groups is 1. The number of nitrogens with one attached hydrogen (secondary N) is 2. The van der Waals surface area contributed by atoms with E-state index in [1.54, 1.807) is 0 Å². The lowest BCUT2D eigenvalue weighted by Crippen LogP contribution is -2.49. The van der Waals surface area contributed by atoms with Crippen LogP contribution in [0.15, 0.2) is 0 Å². The van der Waals surface area contributed by atoms with Gasteiger partial charge in [0.25, 0.3) is 0 Å². The summed E-state index contributed by atoms with van der Waals surface area (Å²) in [5, 5.41) is 6.45. The quantitative estimate of drug-likeness (QED) is 0.801. The molecule has 2 rings (SSSR count). The fourth-order valence-corrected chi connectivity index (χ4v) is 2.99. The van der Waals surface area contributed by atoms with Crippen LogP contribution in [0.2, 0.25) is 0 Å². The number of ether oxygens (including phenoxy) is 1. The van der Waals surface area contributed by atoms with E-state index in [0.717, 1.165) is 38.8 Å². The molecule has 1 aliphatic heterocycles. The molecule has 1 heterocycles. The molecule has 1 saturated heterocycles. The van der Waals surface area contributed by atoms with Crippen molar-refractivity contribution in [2.45, 2.75) is 63.5 Å². The van der Waals surface area contributed by atoms with Gasteiger partial charge in [-0.2, -0.15) is 0 Å². The van der Waals surface area contributed by atoms with Gasteiger partial charge in [-0.05, 0) is 45.7 Å². The molecule has 0 aromatic carbocycles. The van der Waals surface area contributed by atoms with Gasteiger partial charge < -0.3 is 15.4 Å². The molecule has 4 heteroatoms. The maximum atomic E-state index is 11.9. The monoisotopic (exact) mass is 254 g/mol. The van der Waals surface area contributed by atoms with E-state index in [1.807, 2.05) is 0 Å². The molecule has 18 heavy (non-hydrogen) atoms. The molecule has 4 nitrogen and oxygen atoms in total. The summed E-state index contributed by atoms with van der Waals surface area (Å²) in [7, 11) is 0. The first kappa shape index (κ1) is 13.8. The molecule has 2 fully saturated rings. The van der Waals surface area contributed by atoms with Crippen LogP contribution in [0.4, 0.5) is 0 Å². The van der Waals surface area contributed by atoms with Gasteiger partial charge in [-0.25, -0.2) is 0 Å². The van der Waals surface area contributed by atoms with Crippen LogP contribution in [0.1, 0.15) is 51.9 Å². The lowest BCUT2D eigenvalue weighted by molar-refractivity contribution is -0.130. The van der Waals surface area contributed by atoms with Gasteiger partial charge in [-0.15, -0.1) is 0 Å². The third-order valence-electron chi connectivity index (χ3n) is 4.13. The molecule has 0 atom stereocenters. The Balaban J connectivity index is 1.67. The van der Waals surface area contributed by atoms with Crippen molar-refractivity contribution in [1.82, 2.24) is 10.6 Å². The van der Waals surface area contributed by atoms with E-state index in [4.69, 9.17) is 4.74 Å². The minimum absolute atomic E-state index is 0.00676. The first-order chi connectivity index (χ1) is 8.68. The third-order valence-corrected chi connectivity index (χ3v) is 4.13. The highest BCUT2D eigenvalue weighted by molar-refractivity contribution is 5.78. The Labute approximate surface area is 110 Å². The maximum Gasteiger partial charge on any atom is 0.246 e. The van der Waals surface area contributed by atoms with Crippen molar-refractivity contribution < 1.29 is 9.53 Å². The highest BCUT2D eigenvalue weighted by Gasteiger charge is 2.28. The summed E-state index contributed by atoms with van der Waals surface area (Å²) in [5.41, 5.74) is 0.00676. The fraction of sp³-hybridized carbons (Fsp3) is 0.929. The van der Waals surface area contributed by atoms with Crippen LogP contribution in [0.5, 0.6) is 0 Å². The Morgan fingerprint density at radius 1 is 1.28 bits per heavy atom. The second kappa shape index (κ2) is 6.53. The van der Waals surface area contributed by atoms with E-state index in [2.05, 4.69) is 17.6 Å². The lowest BCUT2D eigenvalue weighted by atomic mass is 9.83. The predicted molar refractivity (Wildman–Crippen MR) is 71.5 cm³/mol. The van der Waals surface area contributed by atoms with Crippen molar-refractivity contribution in [2.75, 3.05) is 19.7 Å². The van der Waals surface area contributed by atoms with Gasteiger partial charge in [0.15, 0.2) is 0 Å². The minimum Gasteiger partial charge on any atom is -0.368 e. The topological polar surface area (TPSA) is 50.4 Å². The molecule has 0 spiro atoms. The first-order valence-electron chi connectivity index (χ1n) is 7.31. The second-order valence-electron chi connectivity index (χ2n) is 5.93. The van der Waals surface area contributed by atoms with Crippen molar-refractivity contribution in [3.8, 4) is 0 Å². The largest absolute Gasteiger partial charge is 0.368 e. The molecule has 0 aromatic heterocycles. The van der Waals surface area contributed by atoms with Crippen LogP contribution >= 0.6 is 0 Å². The van der Waals surface area contributed by atoms with Crippen LogP contribution in [0, 0.1) is 0 Å². The van der Waals surface area contributed by atoms with Gasteiger partial charge in [0.2, 0.25) is 5.91 Å². The molecule has 1 aliphatic carbocycles. The number of hydrogen-bond donors (Lipinski definition) is 2. The van der Waals surface area contributed by atoms with Crippen LogP contribution in [0.25, 0.3) is 0 Å². The second-order valence-corrected chi connectivity index (χ2v) is 5.93. The van der Waals surface area contributed by atoms with E-state index in [1.165, 1.54) is 19.3 Å². The number of hydrogen-bond acceptors (Lipinski definition) is 3. The molecule has 104 valence electrons. The average molecular weight is 254 g/mol. The number of piperidine rings is 1. The van der Waals surface area contributed by atoms with Crippen molar-refractivity contribution in [2.24, 2.45) is 0 Å². The highest BCUT2D eigenvalue weighted by Crippen LogP contribution is 2.27. The Hall–Kier alpha value is -0.610. The van der Waals surface area contributed by atoms with Gasteiger partial charge in [0.05, 0.1) is 6.10 Å². The zero-order valence-electron chi connectivity index (χ0n) is 11.5. The van der Waals surface area contributed by atoms with E-state index in [0.29, 0.717) is 0 Å². The van der Waals surface area contributed by atoms with E-state index < -0.39 is 0 Å². The predicted octanol–water partition coefficient (Wildman–Crippen LogP) is 1.59. The SMILES string of the molecule is CC1(NC(=O)COC2CCNCC2)CCCCC1. The van der Waals surface area contributed by atoms with Gasteiger partial charge in [0.1, 0.15) is 6.61 Å². The summed E-state index contributed by atoms with van der Waals surface area (Å²) in [5.74, 6) is 0.0536. The average Bonchev–Trinajstić information content (AvgIpc) is 2.38. The van der Waals surface area contributed by atoms with Gasteiger partial charge >= 0.3 is 0 Å². The van der Waals surface area contributed by atoms with Crippen molar-refractivity contribution in [3.63, 3.8) is 0 Å². The van der Waals surface area contributed by atoms with E-state index >= 15 is 0 Å². The van der Waals surface area contributed by atoms with Crippen molar-refractivity contribution in [3.05, 3.63) is 0 Å². The minimum atomic E-state index is 0.00676. The fourth-order valence-electron chi connectivity index (χ4n) is 2.99. The molecule has 0 aromatic rings. The summed E-state index contributed by atoms with van der Waals surface area (Å²) in [4.78, 5) is 11.9. The highest BCUT2D eigenvalue weighted by atomic mass is 16.5. The number of rotatable bonds is 4. The summed E-state index contributed by atoms with van der Waals surface area (Å²) in [6.07, 6.45) is 8.26. The maximum absolute atomic E-state index is 11.9. The molecule has 0 radical (unpaired) electrons. The van der Waals surface area contributed by atoms with Gasteiger partial charge in [-0.3, -0.25) is 4.79 Å². The van der Waals surface area contributed by atoms with Gasteiger partial charge in [-0.1, -0.05) is 19.3 Å². The Bertz CT molecular complexity index is 269. The van der Waals surface area contributed by atoms with Crippen molar-refractivity contribution in [1.29, 1.82) is 0 Å². The van der Waals surface area contributed by atoms with Crippen LogP contribution in [0.3, 0.4) is 0 Å². The van der Waals surface area contributed by atoms with Crippen molar-refractivity contribution >= 4 is 5.91 Å². The molecule has 2 aliphatic rings. The summed E-state index contributed by atoms with van der Waals surface area (Å²) in [6.45, 7) is 4.39. The summed E-state index contributed by atoms with van der Waals surface area (Å²) in [6, 6.07) is 0. The van der Waals surface area contributed by atoms with Crippen LogP contribution in [-0.2, 0) is 9.53 Å². The summed E-state index contributed by atoms with van der Waals surface area (Å²) < 4.78 is 5.68. The lowest BCUT2D eigenvalue weighted by Gasteiger charge is -2.34. The molecular weight excluding hydrogens is 228 g/mol. The normalized spacial score (nSPS) is 24.7. The third kappa shape index (κ3) is 4.25. The number of carbonyl (C=O) groups excluding carboxylic acids is 1.